The van der Waals surface area contributed by atoms with Gasteiger partial charge >= 0.3 is 0 Å². The number of halogens is 1. The predicted octanol–water partition coefficient (Wildman–Crippen LogP) is 6.69. The molecule has 0 amide bonds. The molecular weight excluding hydrogens is 418 g/mol. The maximum absolute atomic E-state index is 4.79. The van der Waals surface area contributed by atoms with Gasteiger partial charge in [-0.15, -0.1) is 0 Å². The van der Waals surface area contributed by atoms with Gasteiger partial charge in [-0.3, -0.25) is 5.43 Å². The van der Waals surface area contributed by atoms with Gasteiger partial charge in [0.05, 0.1) is 16.8 Å². The van der Waals surface area contributed by atoms with Gasteiger partial charge in [-0.1, -0.05) is 106 Å². The van der Waals surface area contributed by atoms with Crippen LogP contribution in [0.5, 0.6) is 0 Å². The van der Waals surface area contributed by atoms with Crippen LogP contribution in [0, 0.1) is 0 Å². The van der Waals surface area contributed by atoms with Crippen LogP contribution in [0.2, 0.25) is 0 Å². The van der Waals surface area contributed by atoms with Gasteiger partial charge in [-0.2, -0.15) is 5.10 Å². The van der Waals surface area contributed by atoms with E-state index in [0.717, 1.165) is 36.9 Å². The SMILES string of the molecule is Brc1ccccc1C=NNc1nc(-c2ccccc2)c(-c2ccccc2)s1. The Morgan fingerprint density at radius 3 is 2.15 bits per heavy atom. The van der Waals surface area contributed by atoms with Gasteiger partial charge < -0.3 is 0 Å². The number of thiazole rings is 1. The molecule has 1 N–H and O–H groups in total. The molecule has 0 aliphatic heterocycles. The Hall–Kier alpha value is -2.76. The van der Waals surface area contributed by atoms with E-state index >= 15 is 0 Å². The molecule has 0 unspecified atom stereocenters. The van der Waals surface area contributed by atoms with Crippen LogP contribution in [0.4, 0.5) is 5.13 Å². The minimum atomic E-state index is 0.760. The third kappa shape index (κ3) is 4.15. The molecule has 4 aromatic rings. The van der Waals surface area contributed by atoms with Crippen LogP contribution in [-0.2, 0) is 0 Å². The summed E-state index contributed by atoms with van der Waals surface area (Å²) in [4.78, 5) is 5.92. The van der Waals surface area contributed by atoms with Gasteiger partial charge in [-0.05, 0) is 11.6 Å². The Bertz CT molecular complexity index is 1000. The third-order valence-corrected chi connectivity index (χ3v) is 5.71. The zero-order chi connectivity index (χ0) is 18.5. The molecule has 0 radical (unpaired) electrons. The summed E-state index contributed by atoms with van der Waals surface area (Å²) in [5, 5.41) is 5.12. The molecule has 0 bridgehead atoms. The van der Waals surface area contributed by atoms with Crippen molar-refractivity contribution < 1.29 is 0 Å². The van der Waals surface area contributed by atoms with Crippen molar-refractivity contribution in [1.29, 1.82) is 0 Å². The lowest BCUT2D eigenvalue weighted by Crippen LogP contribution is -1.90. The number of rotatable bonds is 5. The fourth-order valence-corrected chi connectivity index (χ4v) is 4.01. The van der Waals surface area contributed by atoms with Crippen LogP contribution in [0.1, 0.15) is 5.56 Å². The summed E-state index contributed by atoms with van der Waals surface area (Å²) in [6.45, 7) is 0. The second kappa shape index (κ2) is 8.29. The van der Waals surface area contributed by atoms with Crippen molar-refractivity contribution in [2.75, 3.05) is 5.43 Å². The minimum Gasteiger partial charge on any atom is -0.253 e. The summed E-state index contributed by atoms with van der Waals surface area (Å²) in [6.07, 6.45) is 1.79. The molecule has 0 atom stereocenters. The Balaban J connectivity index is 1.66. The van der Waals surface area contributed by atoms with E-state index in [-0.39, 0.29) is 0 Å². The van der Waals surface area contributed by atoms with Crippen molar-refractivity contribution >= 4 is 38.6 Å². The van der Waals surface area contributed by atoms with Gasteiger partial charge in [0, 0.05) is 15.6 Å². The second-order valence-electron chi connectivity index (χ2n) is 5.82. The van der Waals surface area contributed by atoms with Crippen molar-refractivity contribution in [3.63, 3.8) is 0 Å². The molecule has 3 aromatic carbocycles. The largest absolute Gasteiger partial charge is 0.253 e. The van der Waals surface area contributed by atoms with Gasteiger partial charge in [0.25, 0.3) is 0 Å². The molecule has 0 spiro atoms. The summed E-state index contributed by atoms with van der Waals surface area (Å²) >= 11 is 5.13. The summed E-state index contributed by atoms with van der Waals surface area (Å²) in [5.41, 5.74) is 7.29. The highest BCUT2D eigenvalue weighted by molar-refractivity contribution is 9.10. The topological polar surface area (TPSA) is 37.3 Å². The standard InChI is InChI=1S/C22H16BrN3S/c23-19-14-8-7-13-18(19)15-24-26-22-25-20(16-9-3-1-4-10-16)21(27-22)17-11-5-2-6-12-17/h1-15H,(H,25,26). The molecule has 5 heteroatoms. The third-order valence-electron chi connectivity index (χ3n) is 3.98. The molecule has 132 valence electrons. The number of hydrazone groups is 1. The smallest absolute Gasteiger partial charge is 0.204 e. The van der Waals surface area contributed by atoms with Gasteiger partial charge in [-0.25, -0.2) is 4.98 Å². The number of hydrogen-bond donors (Lipinski definition) is 1. The van der Waals surface area contributed by atoms with E-state index in [1.807, 2.05) is 60.7 Å². The van der Waals surface area contributed by atoms with Crippen molar-refractivity contribution in [2.45, 2.75) is 0 Å². The number of hydrogen-bond acceptors (Lipinski definition) is 4. The normalized spacial score (nSPS) is 11.0. The molecule has 0 aliphatic rings. The van der Waals surface area contributed by atoms with Gasteiger partial charge in [0.1, 0.15) is 0 Å². The summed E-state index contributed by atoms with van der Waals surface area (Å²) < 4.78 is 1.00. The highest BCUT2D eigenvalue weighted by atomic mass is 79.9. The van der Waals surface area contributed by atoms with Crippen LogP contribution < -0.4 is 5.43 Å². The lowest BCUT2D eigenvalue weighted by molar-refractivity contribution is 1.29. The Labute approximate surface area is 170 Å². The van der Waals surface area contributed by atoms with E-state index in [2.05, 4.69) is 50.7 Å². The molecule has 1 heterocycles. The molecule has 0 saturated carbocycles. The van der Waals surface area contributed by atoms with E-state index < -0.39 is 0 Å². The zero-order valence-electron chi connectivity index (χ0n) is 14.3. The first-order chi connectivity index (χ1) is 13.3. The van der Waals surface area contributed by atoms with Crippen molar-refractivity contribution in [3.05, 3.63) is 95.0 Å². The molecule has 0 saturated heterocycles. The van der Waals surface area contributed by atoms with Crippen LogP contribution >= 0.6 is 27.3 Å². The minimum absolute atomic E-state index is 0.760. The first-order valence-electron chi connectivity index (χ1n) is 8.46. The fraction of sp³-hybridized carbons (Fsp3) is 0. The number of aromatic nitrogens is 1. The maximum Gasteiger partial charge on any atom is 0.204 e. The second-order valence-corrected chi connectivity index (χ2v) is 7.67. The number of benzene rings is 3. The average molecular weight is 434 g/mol. The van der Waals surface area contributed by atoms with Crippen LogP contribution in [0.15, 0.2) is 94.5 Å². The number of anilines is 1. The Morgan fingerprint density at radius 2 is 1.44 bits per heavy atom. The van der Waals surface area contributed by atoms with E-state index in [4.69, 9.17) is 4.98 Å². The summed E-state index contributed by atoms with van der Waals surface area (Å²) in [5.74, 6) is 0. The van der Waals surface area contributed by atoms with Gasteiger partial charge in [0.15, 0.2) is 0 Å². The van der Waals surface area contributed by atoms with Crippen molar-refractivity contribution in [2.24, 2.45) is 5.10 Å². The highest BCUT2D eigenvalue weighted by Crippen LogP contribution is 2.38. The molecule has 0 fully saturated rings. The quantitative estimate of drug-likeness (QED) is 0.281. The van der Waals surface area contributed by atoms with E-state index in [1.54, 1.807) is 17.6 Å². The van der Waals surface area contributed by atoms with Crippen molar-refractivity contribution in [1.82, 2.24) is 4.98 Å². The highest BCUT2D eigenvalue weighted by Gasteiger charge is 2.14. The molecule has 27 heavy (non-hydrogen) atoms. The van der Waals surface area contributed by atoms with Crippen LogP contribution in [0.3, 0.4) is 0 Å². The van der Waals surface area contributed by atoms with Crippen LogP contribution in [-0.4, -0.2) is 11.2 Å². The monoisotopic (exact) mass is 433 g/mol. The number of nitrogens with one attached hydrogen (secondary N) is 1. The van der Waals surface area contributed by atoms with E-state index in [9.17, 15) is 0 Å². The lowest BCUT2D eigenvalue weighted by Gasteiger charge is -2.02. The van der Waals surface area contributed by atoms with Crippen LogP contribution in [0.25, 0.3) is 21.7 Å². The molecule has 0 aliphatic carbocycles. The number of nitrogens with zero attached hydrogens (tertiary/aromatic N) is 2. The Kier molecular flexibility index (Phi) is 5.42. The predicted molar refractivity (Wildman–Crippen MR) is 118 cm³/mol. The summed E-state index contributed by atoms with van der Waals surface area (Å²) in [7, 11) is 0. The summed E-state index contributed by atoms with van der Waals surface area (Å²) in [6, 6.07) is 28.5. The maximum atomic E-state index is 4.79. The molecule has 1 aromatic heterocycles. The van der Waals surface area contributed by atoms with E-state index in [1.165, 1.54) is 0 Å². The molecule has 3 nitrogen and oxygen atoms in total. The molecule has 4 rings (SSSR count). The first-order valence-corrected chi connectivity index (χ1v) is 10.1. The van der Waals surface area contributed by atoms with Gasteiger partial charge in [0.2, 0.25) is 5.13 Å². The Morgan fingerprint density at radius 1 is 0.815 bits per heavy atom. The fourth-order valence-electron chi connectivity index (χ4n) is 2.68. The van der Waals surface area contributed by atoms with E-state index in [0.29, 0.717) is 0 Å². The lowest BCUT2D eigenvalue weighted by atomic mass is 10.1. The average Bonchev–Trinajstić information content (AvgIpc) is 3.15. The van der Waals surface area contributed by atoms with Crippen molar-refractivity contribution in [3.8, 4) is 21.7 Å². The zero-order valence-corrected chi connectivity index (χ0v) is 16.7. The molecular formula is C22H16BrN3S. The first kappa shape index (κ1) is 17.6.